The van der Waals surface area contributed by atoms with Gasteiger partial charge in [0.25, 0.3) is 0 Å². The van der Waals surface area contributed by atoms with E-state index in [-0.39, 0.29) is 23.9 Å². The molecule has 0 N–H and O–H groups in total. The van der Waals surface area contributed by atoms with Crippen LogP contribution in [-0.4, -0.2) is 49.4 Å². The van der Waals surface area contributed by atoms with E-state index in [9.17, 15) is 13.2 Å². The molecule has 7 heteroatoms. The van der Waals surface area contributed by atoms with Gasteiger partial charge in [0.1, 0.15) is 0 Å². The molecule has 0 bridgehead atoms. The molecule has 0 fully saturated rings. The first-order valence-corrected chi connectivity index (χ1v) is 13.7. The van der Waals surface area contributed by atoms with Crippen molar-refractivity contribution in [2.75, 3.05) is 25.9 Å². The van der Waals surface area contributed by atoms with Crippen LogP contribution in [0.4, 0.5) is 0 Å². The van der Waals surface area contributed by atoms with Crippen LogP contribution in [0.3, 0.4) is 0 Å². The molecule has 0 spiro atoms. The molecule has 2 aromatic rings. The predicted octanol–water partition coefficient (Wildman–Crippen LogP) is 4.58. The number of carbonyl (C=O) groups excluding carboxylic acids is 1. The van der Waals surface area contributed by atoms with E-state index in [4.69, 9.17) is 0 Å². The topological polar surface area (TPSA) is 57.7 Å². The van der Waals surface area contributed by atoms with E-state index in [1.807, 2.05) is 11.8 Å². The van der Waals surface area contributed by atoms with Gasteiger partial charge in [-0.25, -0.2) is 8.42 Å². The second kappa shape index (κ2) is 9.43. The maximum Gasteiger partial charge on any atom is 0.238 e. The van der Waals surface area contributed by atoms with E-state index in [0.29, 0.717) is 13.1 Å². The van der Waals surface area contributed by atoms with Gasteiger partial charge in [-0.3, -0.25) is 4.79 Å². The molecular weight excluding hydrogens is 428 g/mol. The van der Waals surface area contributed by atoms with E-state index in [1.54, 1.807) is 11.3 Å². The van der Waals surface area contributed by atoms with Crippen molar-refractivity contribution < 1.29 is 13.2 Å². The lowest BCUT2D eigenvalue weighted by atomic mass is 9.85. The summed E-state index contributed by atoms with van der Waals surface area (Å²) < 4.78 is 25.8. The van der Waals surface area contributed by atoms with Crippen LogP contribution in [-0.2, 0) is 26.7 Å². The number of benzene rings is 1. The normalized spacial score (nSPS) is 17.1. The average Bonchev–Trinajstić information content (AvgIpc) is 3.17. The Bertz CT molecular complexity index is 1000. The van der Waals surface area contributed by atoms with Crippen molar-refractivity contribution in [2.24, 2.45) is 0 Å². The molecule has 170 valence electrons. The molecule has 0 saturated carbocycles. The molecule has 5 nitrogen and oxygen atoms in total. The number of rotatable bonds is 7. The van der Waals surface area contributed by atoms with Crippen LogP contribution >= 0.6 is 11.3 Å². The van der Waals surface area contributed by atoms with Gasteiger partial charge >= 0.3 is 0 Å². The Balaban J connectivity index is 1.92. The second-order valence-corrected chi connectivity index (χ2v) is 12.3. The zero-order valence-electron chi connectivity index (χ0n) is 19.2. The number of hydrogen-bond acceptors (Lipinski definition) is 4. The Labute approximate surface area is 191 Å². The van der Waals surface area contributed by atoms with Crippen LogP contribution in [0, 0.1) is 0 Å². The number of fused-ring (bicyclic) bond motifs is 1. The van der Waals surface area contributed by atoms with Gasteiger partial charge in [-0.05, 0) is 46.4 Å². The monoisotopic (exact) mass is 462 g/mol. The summed E-state index contributed by atoms with van der Waals surface area (Å²) in [6, 6.07) is 10.4. The first-order chi connectivity index (χ1) is 14.5. The first kappa shape index (κ1) is 24.0. The van der Waals surface area contributed by atoms with Crippen LogP contribution in [0.25, 0.3) is 0 Å². The van der Waals surface area contributed by atoms with Crippen LogP contribution in [0.5, 0.6) is 0 Å². The predicted molar refractivity (Wildman–Crippen MR) is 128 cm³/mol. The molecule has 0 radical (unpaired) electrons. The van der Waals surface area contributed by atoms with Gasteiger partial charge in [0, 0.05) is 18.0 Å². The number of amides is 1. The fraction of sp³-hybridized carbons (Fsp3) is 0.542. The lowest BCUT2D eigenvalue weighted by Crippen LogP contribution is -2.46. The molecule has 2 heterocycles. The van der Waals surface area contributed by atoms with Crippen molar-refractivity contribution >= 4 is 27.3 Å². The third-order valence-corrected chi connectivity index (χ3v) is 8.17. The average molecular weight is 463 g/mol. The van der Waals surface area contributed by atoms with E-state index >= 15 is 0 Å². The SMILES string of the molecule is CCCCN(CC(=O)N1CCc2sccc2C1c1ccc(C(C)(C)C)cc1)S(C)(=O)=O. The quantitative estimate of drug-likeness (QED) is 0.605. The van der Waals surface area contributed by atoms with Crippen molar-refractivity contribution in [2.45, 2.75) is 58.4 Å². The van der Waals surface area contributed by atoms with Crippen LogP contribution in [0.1, 0.15) is 68.1 Å². The maximum absolute atomic E-state index is 13.4. The van der Waals surface area contributed by atoms with Gasteiger partial charge in [0.15, 0.2) is 0 Å². The lowest BCUT2D eigenvalue weighted by molar-refractivity contribution is -0.133. The summed E-state index contributed by atoms with van der Waals surface area (Å²) in [6.45, 7) is 9.45. The minimum Gasteiger partial charge on any atom is -0.330 e. The van der Waals surface area contributed by atoms with E-state index in [2.05, 4.69) is 56.5 Å². The molecule has 31 heavy (non-hydrogen) atoms. The molecular formula is C24H34N2O3S2. The minimum absolute atomic E-state index is 0.0589. The highest BCUT2D eigenvalue weighted by molar-refractivity contribution is 7.88. The van der Waals surface area contributed by atoms with Crippen LogP contribution < -0.4 is 0 Å². The first-order valence-electron chi connectivity index (χ1n) is 10.9. The van der Waals surface area contributed by atoms with Crippen molar-refractivity contribution in [1.29, 1.82) is 0 Å². The molecule has 0 saturated heterocycles. The standard InChI is InChI=1S/C24H34N2O3S2/c1-6-7-14-25(31(5,28)29)17-22(27)26-15-12-21-20(13-16-30-21)23(26)18-8-10-19(11-9-18)24(2,3)4/h8-11,13,16,23H,6-7,12,14-15,17H2,1-5H3. The molecule has 1 amide bonds. The summed E-state index contributed by atoms with van der Waals surface area (Å²) in [5.74, 6) is -0.136. The van der Waals surface area contributed by atoms with Crippen LogP contribution in [0.15, 0.2) is 35.7 Å². The van der Waals surface area contributed by atoms with E-state index in [0.717, 1.165) is 30.4 Å². The smallest absolute Gasteiger partial charge is 0.238 e. The largest absolute Gasteiger partial charge is 0.330 e. The van der Waals surface area contributed by atoms with Gasteiger partial charge < -0.3 is 4.90 Å². The van der Waals surface area contributed by atoms with Crippen LogP contribution in [0.2, 0.25) is 0 Å². The van der Waals surface area contributed by atoms with Crippen molar-refractivity contribution in [3.05, 3.63) is 57.3 Å². The van der Waals surface area contributed by atoms with Gasteiger partial charge in [0.2, 0.25) is 15.9 Å². The molecule has 3 rings (SSSR count). The molecule has 1 aromatic carbocycles. The number of sulfonamides is 1. The Kier molecular flexibility index (Phi) is 7.28. The van der Waals surface area contributed by atoms with Gasteiger partial charge in [-0.1, -0.05) is 58.4 Å². The highest BCUT2D eigenvalue weighted by atomic mass is 32.2. The third-order valence-electron chi connectivity index (χ3n) is 5.92. The Hall–Kier alpha value is -1.70. The Morgan fingerprint density at radius 2 is 1.87 bits per heavy atom. The molecule has 1 aliphatic heterocycles. The number of hydrogen-bond donors (Lipinski definition) is 0. The van der Waals surface area contributed by atoms with E-state index < -0.39 is 10.0 Å². The van der Waals surface area contributed by atoms with Gasteiger partial charge in [-0.2, -0.15) is 4.31 Å². The number of nitrogens with zero attached hydrogens (tertiary/aromatic N) is 2. The van der Waals surface area contributed by atoms with Crippen molar-refractivity contribution in [3.63, 3.8) is 0 Å². The lowest BCUT2D eigenvalue weighted by Gasteiger charge is -2.37. The zero-order valence-corrected chi connectivity index (χ0v) is 20.9. The summed E-state index contributed by atoms with van der Waals surface area (Å²) in [4.78, 5) is 16.6. The maximum atomic E-state index is 13.4. The fourth-order valence-corrected chi connectivity index (χ4v) is 5.76. The summed E-state index contributed by atoms with van der Waals surface area (Å²) >= 11 is 1.73. The Morgan fingerprint density at radius 3 is 2.45 bits per heavy atom. The summed E-state index contributed by atoms with van der Waals surface area (Å²) in [5.41, 5.74) is 3.54. The minimum atomic E-state index is -3.44. The third kappa shape index (κ3) is 5.57. The highest BCUT2D eigenvalue weighted by Gasteiger charge is 2.34. The molecule has 1 aromatic heterocycles. The molecule has 1 aliphatic rings. The molecule has 1 unspecified atom stereocenters. The summed E-state index contributed by atoms with van der Waals surface area (Å²) in [6.07, 6.45) is 3.62. The second-order valence-electron chi connectivity index (χ2n) is 9.36. The number of thiophene rings is 1. The fourth-order valence-electron chi connectivity index (χ4n) is 4.05. The summed E-state index contributed by atoms with van der Waals surface area (Å²) in [7, 11) is -3.44. The number of unbranched alkanes of at least 4 members (excludes halogenated alkanes) is 1. The van der Waals surface area contributed by atoms with Gasteiger partial charge in [0.05, 0.1) is 18.8 Å². The Morgan fingerprint density at radius 1 is 1.19 bits per heavy atom. The zero-order chi connectivity index (χ0) is 22.8. The van der Waals surface area contributed by atoms with Crippen molar-refractivity contribution in [3.8, 4) is 0 Å². The molecule has 1 atom stereocenters. The molecule has 0 aliphatic carbocycles. The van der Waals surface area contributed by atoms with Crippen molar-refractivity contribution in [1.82, 2.24) is 9.21 Å². The highest BCUT2D eigenvalue weighted by Crippen LogP contribution is 2.38. The summed E-state index contributed by atoms with van der Waals surface area (Å²) in [5, 5.41) is 2.08. The number of carbonyl (C=O) groups is 1. The van der Waals surface area contributed by atoms with Gasteiger partial charge in [-0.15, -0.1) is 11.3 Å². The van der Waals surface area contributed by atoms with E-state index in [1.165, 1.54) is 21.0 Å².